The highest BCUT2D eigenvalue weighted by Crippen LogP contribution is 2.21. The topological polar surface area (TPSA) is 67.9 Å². The Morgan fingerprint density at radius 3 is 2.55 bits per heavy atom. The Morgan fingerprint density at radius 2 is 2.00 bits per heavy atom. The first-order valence-corrected chi connectivity index (χ1v) is 7.34. The first-order chi connectivity index (χ1) is 10.5. The molecule has 5 heteroatoms. The highest BCUT2D eigenvalue weighted by molar-refractivity contribution is 5.61. The van der Waals surface area contributed by atoms with Crippen molar-refractivity contribution in [2.45, 2.75) is 39.8 Å². The molecule has 114 valence electrons. The van der Waals surface area contributed by atoms with Crippen molar-refractivity contribution in [2.24, 2.45) is 0 Å². The average Bonchev–Trinajstić information content (AvgIpc) is 2.50. The normalized spacial score (nSPS) is 10.5. The number of ether oxygens (including phenoxy) is 1. The number of nitrogens with zero attached hydrogens (tertiary/aromatic N) is 3. The van der Waals surface area contributed by atoms with Gasteiger partial charge in [0.05, 0.1) is 11.8 Å². The SMILES string of the molecule is CCCn1nc(-c2ccc(OC(C)C)cc2)cc(C#N)c1=O. The fourth-order valence-electron chi connectivity index (χ4n) is 2.10. The lowest BCUT2D eigenvalue weighted by Crippen LogP contribution is -2.25. The molecule has 0 unspecified atom stereocenters. The molecule has 0 saturated heterocycles. The first kappa shape index (κ1) is 15.8. The van der Waals surface area contributed by atoms with E-state index in [9.17, 15) is 4.79 Å². The summed E-state index contributed by atoms with van der Waals surface area (Å²) in [7, 11) is 0. The summed E-state index contributed by atoms with van der Waals surface area (Å²) in [6.45, 7) is 6.39. The van der Waals surface area contributed by atoms with Gasteiger partial charge in [0.15, 0.2) is 0 Å². The molecule has 1 aromatic heterocycles. The van der Waals surface area contributed by atoms with Crippen molar-refractivity contribution >= 4 is 0 Å². The van der Waals surface area contributed by atoms with Crippen molar-refractivity contribution in [2.75, 3.05) is 0 Å². The van der Waals surface area contributed by atoms with E-state index in [0.29, 0.717) is 12.2 Å². The molecule has 0 aliphatic carbocycles. The van der Waals surface area contributed by atoms with Gasteiger partial charge in [0.1, 0.15) is 17.4 Å². The summed E-state index contributed by atoms with van der Waals surface area (Å²) < 4.78 is 6.96. The van der Waals surface area contributed by atoms with E-state index in [4.69, 9.17) is 10.00 Å². The number of hydrogen-bond donors (Lipinski definition) is 0. The Balaban J connectivity index is 2.42. The van der Waals surface area contributed by atoms with Crippen LogP contribution in [0.5, 0.6) is 5.75 Å². The van der Waals surface area contributed by atoms with E-state index in [0.717, 1.165) is 17.7 Å². The van der Waals surface area contributed by atoms with Crippen LogP contribution in [-0.2, 0) is 6.54 Å². The van der Waals surface area contributed by atoms with E-state index < -0.39 is 0 Å². The van der Waals surface area contributed by atoms with Crippen LogP contribution < -0.4 is 10.3 Å². The molecular weight excluding hydrogens is 278 g/mol. The standard InChI is InChI=1S/C17H19N3O2/c1-4-9-20-17(21)14(11-18)10-16(19-20)13-5-7-15(8-6-13)22-12(2)3/h5-8,10,12H,4,9H2,1-3H3. The molecule has 2 aromatic rings. The number of hydrogen-bond acceptors (Lipinski definition) is 4. The van der Waals surface area contributed by atoms with Gasteiger partial charge in [-0.05, 0) is 50.6 Å². The third-order valence-electron chi connectivity index (χ3n) is 3.05. The third-order valence-corrected chi connectivity index (χ3v) is 3.05. The van der Waals surface area contributed by atoms with E-state index in [2.05, 4.69) is 5.10 Å². The zero-order valence-corrected chi connectivity index (χ0v) is 13.0. The second-order valence-electron chi connectivity index (χ2n) is 5.27. The smallest absolute Gasteiger partial charge is 0.284 e. The van der Waals surface area contributed by atoms with Crippen molar-refractivity contribution in [3.05, 3.63) is 46.2 Å². The maximum Gasteiger partial charge on any atom is 0.284 e. The lowest BCUT2D eigenvalue weighted by Gasteiger charge is -2.11. The minimum atomic E-state index is -0.340. The van der Waals surface area contributed by atoms with Crippen molar-refractivity contribution in [1.82, 2.24) is 9.78 Å². The van der Waals surface area contributed by atoms with Gasteiger partial charge < -0.3 is 4.74 Å². The van der Waals surface area contributed by atoms with Crippen LogP contribution in [0.1, 0.15) is 32.8 Å². The van der Waals surface area contributed by atoms with Crippen LogP contribution in [0.2, 0.25) is 0 Å². The highest BCUT2D eigenvalue weighted by Gasteiger charge is 2.09. The molecular formula is C17H19N3O2. The lowest BCUT2D eigenvalue weighted by molar-refractivity contribution is 0.242. The minimum Gasteiger partial charge on any atom is -0.491 e. The second kappa shape index (κ2) is 6.90. The van der Waals surface area contributed by atoms with Crippen LogP contribution in [0.15, 0.2) is 35.1 Å². The van der Waals surface area contributed by atoms with E-state index in [1.54, 1.807) is 0 Å². The summed E-state index contributed by atoms with van der Waals surface area (Å²) in [4.78, 5) is 12.0. The number of aromatic nitrogens is 2. The zero-order valence-electron chi connectivity index (χ0n) is 13.0. The minimum absolute atomic E-state index is 0.112. The van der Waals surface area contributed by atoms with Gasteiger partial charge in [-0.1, -0.05) is 6.92 Å². The van der Waals surface area contributed by atoms with Gasteiger partial charge in [-0.2, -0.15) is 10.4 Å². The summed E-state index contributed by atoms with van der Waals surface area (Å²) in [5.41, 5.74) is 1.23. The number of rotatable bonds is 5. The molecule has 2 rings (SSSR count). The maximum atomic E-state index is 12.0. The lowest BCUT2D eigenvalue weighted by atomic mass is 10.1. The fourth-order valence-corrected chi connectivity index (χ4v) is 2.10. The number of benzene rings is 1. The average molecular weight is 297 g/mol. The van der Waals surface area contributed by atoms with Gasteiger partial charge in [0.25, 0.3) is 5.56 Å². The maximum absolute atomic E-state index is 12.0. The van der Waals surface area contributed by atoms with Crippen molar-refractivity contribution in [3.63, 3.8) is 0 Å². The molecule has 0 bridgehead atoms. The molecule has 0 amide bonds. The molecule has 0 fully saturated rings. The summed E-state index contributed by atoms with van der Waals surface area (Å²) in [6.07, 6.45) is 0.892. The van der Waals surface area contributed by atoms with E-state index in [-0.39, 0.29) is 17.2 Å². The van der Waals surface area contributed by atoms with Gasteiger partial charge in [0.2, 0.25) is 0 Å². The number of aryl methyl sites for hydroxylation is 1. The van der Waals surface area contributed by atoms with Crippen LogP contribution in [0.3, 0.4) is 0 Å². The Labute approximate surface area is 129 Å². The number of nitriles is 1. The first-order valence-electron chi connectivity index (χ1n) is 7.34. The quantitative estimate of drug-likeness (QED) is 0.851. The molecule has 0 aliphatic heterocycles. The van der Waals surface area contributed by atoms with Gasteiger partial charge in [0, 0.05) is 12.1 Å². The van der Waals surface area contributed by atoms with Gasteiger partial charge >= 0.3 is 0 Å². The molecule has 0 atom stereocenters. The van der Waals surface area contributed by atoms with Gasteiger partial charge in [-0.3, -0.25) is 4.79 Å². The van der Waals surface area contributed by atoms with Crippen LogP contribution in [0.4, 0.5) is 0 Å². The molecule has 0 aliphatic rings. The Hall–Kier alpha value is -2.61. The summed E-state index contributed by atoms with van der Waals surface area (Å²) in [6, 6.07) is 11.0. The molecule has 22 heavy (non-hydrogen) atoms. The van der Waals surface area contributed by atoms with E-state index >= 15 is 0 Å². The Bertz CT molecular complexity index is 740. The Kier molecular flexibility index (Phi) is 4.95. The van der Waals surface area contributed by atoms with Crippen molar-refractivity contribution < 1.29 is 4.74 Å². The largest absolute Gasteiger partial charge is 0.491 e. The molecule has 1 heterocycles. The van der Waals surface area contributed by atoms with Crippen molar-refractivity contribution in [1.29, 1.82) is 5.26 Å². The van der Waals surface area contributed by atoms with Gasteiger partial charge in [-0.15, -0.1) is 0 Å². The fraction of sp³-hybridized carbons (Fsp3) is 0.353. The molecule has 5 nitrogen and oxygen atoms in total. The monoisotopic (exact) mass is 297 g/mol. The van der Waals surface area contributed by atoms with Crippen LogP contribution in [0.25, 0.3) is 11.3 Å². The molecule has 0 spiro atoms. The highest BCUT2D eigenvalue weighted by atomic mass is 16.5. The summed E-state index contributed by atoms with van der Waals surface area (Å²) in [5.74, 6) is 0.779. The van der Waals surface area contributed by atoms with Gasteiger partial charge in [-0.25, -0.2) is 4.68 Å². The zero-order chi connectivity index (χ0) is 16.1. The molecule has 0 radical (unpaired) electrons. The van der Waals surface area contributed by atoms with E-state index in [1.807, 2.05) is 51.1 Å². The van der Waals surface area contributed by atoms with Crippen LogP contribution >= 0.6 is 0 Å². The van der Waals surface area contributed by atoms with Crippen molar-refractivity contribution in [3.8, 4) is 23.1 Å². The molecule has 1 aromatic carbocycles. The predicted molar refractivity (Wildman–Crippen MR) is 84.7 cm³/mol. The summed E-state index contributed by atoms with van der Waals surface area (Å²) in [5, 5.41) is 13.5. The Morgan fingerprint density at radius 1 is 1.32 bits per heavy atom. The van der Waals surface area contributed by atoms with E-state index in [1.165, 1.54) is 10.7 Å². The van der Waals surface area contributed by atoms with Crippen LogP contribution in [0, 0.1) is 11.3 Å². The predicted octanol–water partition coefficient (Wildman–Crippen LogP) is 2.98. The molecule has 0 saturated carbocycles. The summed E-state index contributed by atoms with van der Waals surface area (Å²) >= 11 is 0. The second-order valence-corrected chi connectivity index (χ2v) is 5.27. The molecule has 0 N–H and O–H groups in total. The third kappa shape index (κ3) is 3.53. The van der Waals surface area contributed by atoms with Crippen LogP contribution in [-0.4, -0.2) is 15.9 Å².